The lowest BCUT2D eigenvalue weighted by atomic mass is 9.85. The van der Waals surface area contributed by atoms with Crippen LogP contribution in [0.5, 0.6) is 5.75 Å². The third kappa shape index (κ3) is 3.04. The van der Waals surface area contributed by atoms with E-state index in [2.05, 4.69) is 5.32 Å². The second kappa shape index (κ2) is 6.02. The van der Waals surface area contributed by atoms with Gasteiger partial charge in [0.25, 0.3) is 0 Å². The number of amides is 1. The van der Waals surface area contributed by atoms with Gasteiger partial charge in [-0.3, -0.25) is 0 Å². The summed E-state index contributed by atoms with van der Waals surface area (Å²) in [6, 6.07) is 6.82. The summed E-state index contributed by atoms with van der Waals surface area (Å²) in [6.45, 7) is 3.86. The molecule has 0 saturated heterocycles. The van der Waals surface area contributed by atoms with Crippen LogP contribution in [0, 0.1) is 17.0 Å². The van der Waals surface area contributed by atoms with E-state index in [4.69, 9.17) is 9.84 Å². The van der Waals surface area contributed by atoms with Crippen molar-refractivity contribution in [2.75, 3.05) is 7.11 Å². The number of ether oxygens (including phenoxy) is 1. The van der Waals surface area contributed by atoms with Crippen LogP contribution in [-0.4, -0.2) is 18.3 Å². The van der Waals surface area contributed by atoms with Gasteiger partial charge in [-0.15, -0.1) is 0 Å². The Balaban J connectivity index is 2.07. The molecule has 0 heterocycles. The van der Waals surface area contributed by atoms with Gasteiger partial charge in [0.2, 0.25) is 0 Å². The first kappa shape index (κ1) is 17.2. The molecule has 1 aliphatic carbocycles. The van der Waals surface area contributed by atoms with Crippen LogP contribution in [0.15, 0.2) is 30.3 Å². The van der Waals surface area contributed by atoms with Crippen molar-refractivity contribution < 1.29 is 23.4 Å². The molecule has 0 unspecified atom stereocenters. The lowest BCUT2D eigenvalue weighted by molar-refractivity contribution is 0.175. The normalized spacial score (nSPS) is 17.9. The van der Waals surface area contributed by atoms with Crippen LogP contribution in [0.1, 0.15) is 31.0 Å². The average Bonchev–Trinajstić information content (AvgIpc) is 2.76. The Labute approximate surface area is 144 Å². The Morgan fingerprint density at radius 1 is 1.24 bits per heavy atom. The van der Waals surface area contributed by atoms with Crippen LogP contribution < -0.4 is 10.1 Å². The van der Waals surface area contributed by atoms with Crippen LogP contribution in [0.4, 0.5) is 13.6 Å². The molecular formula is C19H19F2NO3. The van der Waals surface area contributed by atoms with E-state index >= 15 is 0 Å². The number of nitrogens with one attached hydrogen (secondary N) is 1. The Morgan fingerprint density at radius 3 is 2.56 bits per heavy atom. The Bertz CT molecular complexity index is 849. The molecule has 0 aromatic heterocycles. The Kier molecular flexibility index (Phi) is 4.14. The number of methoxy groups -OCH3 is 1. The highest BCUT2D eigenvalue weighted by atomic mass is 19.1. The molecule has 2 N–H and O–H groups in total. The van der Waals surface area contributed by atoms with E-state index in [1.807, 2.05) is 13.8 Å². The highest BCUT2D eigenvalue weighted by Crippen LogP contribution is 2.46. The quantitative estimate of drug-likeness (QED) is 0.857. The van der Waals surface area contributed by atoms with E-state index < -0.39 is 23.8 Å². The summed E-state index contributed by atoms with van der Waals surface area (Å²) in [7, 11) is 1.37. The van der Waals surface area contributed by atoms with Crippen LogP contribution >= 0.6 is 0 Å². The van der Waals surface area contributed by atoms with Crippen LogP contribution in [0.3, 0.4) is 0 Å². The zero-order valence-electron chi connectivity index (χ0n) is 14.2. The van der Waals surface area contributed by atoms with E-state index in [9.17, 15) is 13.6 Å². The predicted molar refractivity (Wildman–Crippen MR) is 89.7 cm³/mol. The van der Waals surface area contributed by atoms with Gasteiger partial charge in [-0.1, -0.05) is 19.9 Å². The summed E-state index contributed by atoms with van der Waals surface area (Å²) in [5, 5.41) is 11.5. The molecule has 0 saturated carbocycles. The first-order valence-electron chi connectivity index (χ1n) is 7.88. The molecule has 3 rings (SSSR count). The Morgan fingerprint density at radius 2 is 1.96 bits per heavy atom. The summed E-state index contributed by atoms with van der Waals surface area (Å²) in [6.07, 6.45) is -0.549. The Hall–Kier alpha value is -2.63. The number of hydrogen-bond acceptors (Lipinski definition) is 2. The molecule has 0 radical (unpaired) electrons. The van der Waals surface area contributed by atoms with Crippen molar-refractivity contribution in [1.29, 1.82) is 0 Å². The first-order chi connectivity index (χ1) is 11.7. The van der Waals surface area contributed by atoms with E-state index in [0.717, 1.165) is 5.56 Å². The number of hydrogen-bond donors (Lipinski definition) is 2. The summed E-state index contributed by atoms with van der Waals surface area (Å²) in [5.74, 6) is -0.985. The molecule has 132 valence electrons. The molecule has 0 fully saturated rings. The molecule has 4 nitrogen and oxygen atoms in total. The van der Waals surface area contributed by atoms with Gasteiger partial charge in [-0.05, 0) is 52.8 Å². The number of rotatable bonds is 3. The molecule has 2 aromatic rings. The monoisotopic (exact) mass is 347 g/mol. The summed E-state index contributed by atoms with van der Waals surface area (Å²) in [5.41, 5.74) is 1.80. The van der Waals surface area contributed by atoms with Gasteiger partial charge in [0.1, 0.15) is 5.82 Å². The van der Waals surface area contributed by atoms with Crippen molar-refractivity contribution in [3.05, 3.63) is 53.1 Å². The number of carboxylic acid groups (broad SMARTS) is 1. The van der Waals surface area contributed by atoms with E-state index in [-0.39, 0.29) is 16.7 Å². The molecule has 1 amide bonds. The zero-order valence-corrected chi connectivity index (χ0v) is 14.2. The van der Waals surface area contributed by atoms with Crippen molar-refractivity contribution >= 4 is 6.09 Å². The fraction of sp³-hybridized carbons (Fsp3) is 0.316. The topological polar surface area (TPSA) is 58.6 Å². The molecule has 1 atom stereocenters. The lowest BCUT2D eigenvalue weighted by Gasteiger charge is -2.27. The number of halogens is 2. The molecule has 2 aromatic carbocycles. The van der Waals surface area contributed by atoms with Gasteiger partial charge in [-0.25, -0.2) is 13.6 Å². The summed E-state index contributed by atoms with van der Waals surface area (Å²) < 4.78 is 33.5. The van der Waals surface area contributed by atoms with Crippen molar-refractivity contribution in [3.63, 3.8) is 0 Å². The molecule has 0 aliphatic heterocycles. The highest BCUT2D eigenvalue weighted by Gasteiger charge is 2.40. The minimum atomic E-state index is -1.15. The maximum absolute atomic E-state index is 14.7. The maximum Gasteiger partial charge on any atom is 0.405 e. The standard InChI is InChI=1S/C19H19F2NO3/c1-19(2)9-11-6-12(10-4-5-16(25-3)15(21)7-10)14(20)8-13(11)17(19)22-18(23)24/h4-8,17,22H,9H2,1-3H3,(H,23,24)/t17-/m0/s1. The number of carbonyl (C=O) groups is 1. The van der Waals surface area contributed by atoms with E-state index in [0.29, 0.717) is 17.5 Å². The number of fused-ring (bicyclic) bond motifs is 1. The lowest BCUT2D eigenvalue weighted by Crippen LogP contribution is -2.34. The average molecular weight is 347 g/mol. The van der Waals surface area contributed by atoms with Gasteiger partial charge in [0.15, 0.2) is 11.6 Å². The summed E-state index contributed by atoms with van der Waals surface area (Å²) in [4.78, 5) is 11.1. The predicted octanol–water partition coefficient (Wildman–Crippen LogP) is 4.53. The van der Waals surface area contributed by atoms with Crippen molar-refractivity contribution in [3.8, 4) is 16.9 Å². The molecular weight excluding hydrogens is 328 g/mol. The fourth-order valence-corrected chi connectivity index (χ4v) is 3.52. The molecule has 6 heteroatoms. The second-order valence-electron chi connectivity index (χ2n) is 6.93. The van der Waals surface area contributed by atoms with Gasteiger partial charge in [0, 0.05) is 5.56 Å². The number of benzene rings is 2. The molecule has 0 spiro atoms. The van der Waals surface area contributed by atoms with Gasteiger partial charge >= 0.3 is 6.09 Å². The SMILES string of the molecule is COc1ccc(-c2cc3c(cc2F)[C@H](NC(=O)O)C(C)(C)C3)cc1F. The van der Waals surface area contributed by atoms with Gasteiger partial charge in [-0.2, -0.15) is 0 Å². The first-order valence-corrected chi connectivity index (χ1v) is 7.88. The van der Waals surface area contributed by atoms with Crippen molar-refractivity contribution in [1.82, 2.24) is 5.32 Å². The largest absolute Gasteiger partial charge is 0.494 e. The third-order valence-electron chi connectivity index (χ3n) is 4.70. The molecule has 25 heavy (non-hydrogen) atoms. The highest BCUT2D eigenvalue weighted by molar-refractivity contribution is 5.69. The van der Waals surface area contributed by atoms with E-state index in [1.54, 1.807) is 12.1 Å². The minimum Gasteiger partial charge on any atom is -0.494 e. The fourth-order valence-electron chi connectivity index (χ4n) is 3.52. The van der Waals surface area contributed by atoms with Crippen LogP contribution in [-0.2, 0) is 6.42 Å². The van der Waals surface area contributed by atoms with Crippen molar-refractivity contribution in [2.45, 2.75) is 26.3 Å². The van der Waals surface area contributed by atoms with E-state index in [1.165, 1.54) is 25.3 Å². The zero-order chi connectivity index (χ0) is 18.4. The summed E-state index contributed by atoms with van der Waals surface area (Å²) >= 11 is 0. The maximum atomic E-state index is 14.7. The van der Waals surface area contributed by atoms with Gasteiger partial charge in [0.05, 0.1) is 13.2 Å². The minimum absolute atomic E-state index is 0.0946. The molecule has 0 bridgehead atoms. The third-order valence-corrected chi connectivity index (χ3v) is 4.70. The van der Waals surface area contributed by atoms with Crippen molar-refractivity contribution in [2.24, 2.45) is 5.41 Å². The smallest absolute Gasteiger partial charge is 0.405 e. The molecule has 1 aliphatic rings. The van der Waals surface area contributed by atoms with Crippen LogP contribution in [0.2, 0.25) is 0 Å². The second-order valence-corrected chi connectivity index (χ2v) is 6.93. The van der Waals surface area contributed by atoms with Crippen LogP contribution in [0.25, 0.3) is 11.1 Å². The van der Waals surface area contributed by atoms with Gasteiger partial charge < -0.3 is 15.2 Å².